The number of benzodiazepines with no additional fused rings is 1. The molecule has 2 fully saturated rings. The van der Waals surface area contributed by atoms with Gasteiger partial charge in [0.15, 0.2) is 0 Å². The molecule has 1 saturated heterocycles. The van der Waals surface area contributed by atoms with Gasteiger partial charge in [0.05, 0.1) is 11.4 Å². The highest BCUT2D eigenvalue weighted by molar-refractivity contribution is 6.14. The monoisotopic (exact) mass is 579 g/mol. The van der Waals surface area contributed by atoms with Crippen LogP contribution in [-0.2, 0) is 4.79 Å². The summed E-state index contributed by atoms with van der Waals surface area (Å²) in [6.45, 7) is 6.19. The molecule has 2 N–H and O–H groups in total. The highest BCUT2D eigenvalue weighted by Gasteiger charge is 2.34. The van der Waals surface area contributed by atoms with Crippen LogP contribution >= 0.6 is 0 Å². The van der Waals surface area contributed by atoms with E-state index in [2.05, 4.69) is 44.5 Å². The van der Waals surface area contributed by atoms with Gasteiger partial charge in [-0.05, 0) is 55.7 Å². The second-order valence-electron chi connectivity index (χ2n) is 11.6. The number of fused-ring (bicyclic) bond motifs is 1. The van der Waals surface area contributed by atoms with Crippen molar-refractivity contribution in [1.82, 2.24) is 10.3 Å². The zero-order chi connectivity index (χ0) is 29.6. The summed E-state index contributed by atoms with van der Waals surface area (Å²) in [5.41, 5.74) is 5.76. The molecule has 3 aromatic rings. The number of amides is 3. The van der Waals surface area contributed by atoms with E-state index in [1.807, 2.05) is 60.9 Å². The van der Waals surface area contributed by atoms with Gasteiger partial charge in [-0.2, -0.15) is 0 Å². The number of hydrogen-bond donors (Lipinski definition) is 2. The Labute approximate surface area is 254 Å². The molecule has 43 heavy (non-hydrogen) atoms. The van der Waals surface area contributed by atoms with Crippen LogP contribution in [0.4, 0.5) is 27.5 Å². The molecule has 3 aliphatic rings. The zero-order valence-electron chi connectivity index (χ0n) is 24.9. The van der Waals surface area contributed by atoms with Crippen molar-refractivity contribution >= 4 is 40.4 Å². The molecule has 1 atom stereocenters. The van der Waals surface area contributed by atoms with Gasteiger partial charge in [-0.15, -0.1) is 0 Å². The lowest BCUT2D eigenvalue weighted by Gasteiger charge is -2.37. The van der Waals surface area contributed by atoms with Crippen molar-refractivity contribution < 1.29 is 9.59 Å². The largest absolute Gasteiger partial charge is 0.368 e. The van der Waals surface area contributed by atoms with Crippen LogP contribution in [0, 0.1) is 5.92 Å². The standard InChI is InChI=1S/C34H41N7O2/c1-2-19-41-30-14-7-6-13-29(30)31(25-9-4-3-5-10-25)37-32(33(41)42)38-34(43)36-26-11-8-12-28(24-26)40-22-20-39(21-23-40)27-15-17-35-18-16-27/h6-8,11-18,24-25,32H,2-5,9-10,19-23H2,1H3,(H2,36,38,43). The fraction of sp³-hybridized carbons (Fsp3) is 0.412. The predicted octanol–water partition coefficient (Wildman–Crippen LogP) is 5.68. The second-order valence-corrected chi connectivity index (χ2v) is 11.6. The van der Waals surface area contributed by atoms with E-state index in [4.69, 9.17) is 4.99 Å². The summed E-state index contributed by atoms with van der Waals surface area (Å²) in [5.74, 6) is 0.0865. The molecule has 1 aliphatic carbocycles. The van der Waals surface area contributed by atoms with Gasteiger partial charge >= 0.3 is 6.03 Å². The van der Waals surface area contributed by atoms with Crippen molar-refractivity contribution in [2.75, 3.05) is 52.7 Å². The van der Waals surface area contributed by atoms with Crippen LogP contribution < -0.4 is 25.3 Å². The Balaban J connectivity index is 1.17. The zero-order valence-corrected chi connectivity index (χ0v) is 24.9. The van der Waals surface area contributed by atoms with E-state index in [0.29, 0.717) is 12.2 Å². The average Bonchev–Trinajstić information content (AvgIpc) is 3.17. The normalized spacial score (nSPS) is 19.4. The molecule has 6 rings (SSSR count). The fourth-order valence-electron chi connectivity index (χ4n) is 6.55. The number of nitrogens with one attached hydrogen (secondary N) is 2. The number of hydrogen-bond acceptors (Lipinski definition) is 6. The third-order valence-electron chi connectivity index (χ3n) is 8.72. The van der Waals surface area contributed by atoms with Gasteiger partial charge in [-0.1, -0.05) is 50.5 Å². The highest BCUT2D eigenvalue weighted by atomic mass is 16.2. The number of benzene rings is 2. The van der Waals surface area contributed by atoms with Crippen LogP contribution in [-0.4, -0.2) is 61.5 Å². The van der Waals surface area contributed by atoms with Gasteiger partial charge in [-0.3, -0.25) is 14.8 Å². The summed E-state index contributed by atoms with van der Waals surface area (Å²) >= 11 is 0. The summed E-state index contributed by atoms with van der Waals surface area (Å²) < 4.78 is 0. The molecule has 0 bridgehead atoms. The van der Waals surface area contributed by atoms with E-state index in [-0.39, 0.29) is 11.8 Å². The first-order chi connectivity index (χ1) is 21.1. The third-order valence-corrected chi connectivity index (χ3v) is 8.72. The molecule has 224 valence electrons. The number of carbonyl (C=O) groups is 2. The van der Waals surface area contributed by atoms with Crippen LogP contribution in [0.2, 0.25) is 0 Å². The Kier molecular flexibility index (Phi) is 8.86. The predicted molar refractivity (Wildman–Crippen MR) is 173 cm³/mol. The second kappa shape index (κ2) is 13.3. The molecule has 1 aromatic heterocycles. The maximum Gasteiger partial charge on any atom is 0.321 e. The van der Waals surface area contributed by atoms with Crippen LogP contribution in [0.5, 0.6) is 0 Å². The van der Waals surface area contributed by atoms with E-state index in [1.165, 1.54) is 12.1 Å². The molecule has 1 unspecified atom stereocenters. The minimum Gasteiger partial charge on any atom is -0.368 e. The van der Waals surface area contributed by atoms with Gasteiger partial charge in [0, 0.05) is 73.7 Å². The number of nitrogens with zero attached hydrogens (tertiary/aromatic N) is 5. The minimum atomic E-state index is -0.986. The van der Waals surface area contributed by atoms with Crippen LogP contribution in [0.15, 0.2) is 78.0 Å². The van der Waals surface area contributed by atoms with Gasteiger partial charge in [0.1, 0.15) is 0 Å². The summed E-state index contributed by atoms with van der Waals surface area (Å²) in [6.07, 6.45) is 9.13. The number of anilines is 4. The number of aliphatic imine (C=N–C) groups is 1. The topological polar surface area (TPSA) is 93.2 Å². The number of para-hydroxylation sites is 1. The molecule has 1 saturated carbocycles. The lowest BCUT2D eigenvalue weighted by molar-refractivity contribution is -0.120. The first kappa shape index (κ1) is 28.7. The van der Waals surface area contributed by atoms with Crippen molar-refractivity contribution in [2.24, 2.45) is 10.9 Å². The smallest absolute Gasteiger partial charge is 0.321 e. The fourth-order valence-corrected chi connectivity index (χ4v) is 6.55. The lowest BCUT2D eigenvalue weighted by atomic mass is 9.83. The van der Waals surface area contributed by atoms with Crippen molar-refractivity contribution in [2.45, 2.75) is 51.6 Å². The van der Waals surface area contributed by atoms with Crippen molar-refractivity contribution in [3.8, 4) is 0 Å². The number of pyridine rings is 1. The van der Waals surface area contributed by atoms with Gasteiger partial charge in [0.25, 0.3) is 5.91 Å². The van der Waals surface area contributed by atoms with Crippen molar-refractivity contribution in [3.05, 3.63) is 78.6 Å². The Morgan fingerprint density at radius 1 is 0.884 bits per heavy atom. The SMILES string of the molecule is CCCN1C(=O)C(NC(=O)Nc2cccc(N3CCN(c4ccncc4)CC3)c2)N=C(C2CCCCC2)c2ccccc21. The minimum absolute atomic E-state index is 0.198. The average molecular weight is 580 g/mol. The molecule has 0 radical (unpaired) electrons. The maximum absolute atomic E-state index is 13.9. The number of rotatable bonds is 7. The van der Waals surface area contributed by atoms with Gasteiger partial charge in [0.2, 0.25) is 6.17 Å². The Bertz CT molecular complexity index is 1450. The summed E-state index contributed by atoms with van der Waals surface area (Å²) in [7, 11) is 0. The molecule has 2 aromatic carbocycles. The molecule has 9 heteroatoms. The Hall–Kier alpha value is -4.40. The number of carbonyl (C=O) groups excluding carboxylic acids is 2. The first-order valence-electron chi connectivity index (χ1n) is 15.7. The van der Waals surface area contributed by atoms with Crippen molar-refractivity contribution in [1.29, 1.82) is 0 Å². The molecule has 9 nitrogen and oxygen atoms in total. The summed E-state index contributed by atoms with van der Waals surface area (Å²) in [6, 6.07) is 19.6. The van der Waals surface area contributed by atoms with E-state index >= 15 is 0 Å². The number of piperazine rings is 1. The number of aromatic nitrogens is 1. The van der Waals surface area contributed by atoms with Crippen molar-refractivity contribution in [3.63, 3.8) is 0 Å². The highest BCUT2D eigenvalue weighted by Crippen LogP contribution is 2.34. The Morgan fingerprint density at radius 3 is 2.35 bits per heavy atom. The van der Waals surface area contributed by atoms with E-state index in [9.17, 15) is 9.59 Å². The quantitative estimate of drug-likeness (QED) is 0.376. The van der Waals surface area contributed by atoms with Crippen LogP contribution in [0.1, 0.15) is 51.0 Å². The molecule has 3 amide bonds. The van der Waals surface area contributed by atoms with E-state index in [0.717, 1.165) is 80.9 Å². The Morgan fingerprint density at radius 2 is 1.60 bits per heavy atom. The molecule has 0 spiro atoms. The van der Waals surface area contributed by atoms with Crippen LogP contribution in [0.3, 0.4) is 0 Å². The molecular formula is C34H41N7O2. The lowest BCUT2D eigenvalue weighted by Crippen LogP contribution is -2.49. The van der Waals surface area contributed by atoms with Crippen LogP contribution in [0.25, 0.3) is 0 Å². The number of urea groups is 1. The molecule has 2 aliphatic heterocycles. The van der Waals surface area contributed by atoms with Gasteiger partial charge in [-0.25, -0.2) is 4.79 Å². The molecular weight excluding hydrogens is 538 g/mol. The van der Waals surface area contributed by atoms with E-state index in [1.54, 1.807) is 4.90 Å². The van der Waals surface area contributed by atoms with Gasteiger partial charge < -0.3 is 25.3 Å². The molecule has 3 heterocycles. The van der Waals surface area contributed by atoms with E-state index < -0.39 is 12.2 Å². The maximum atomic E-state index is 13.9. The summed E-state index contributed by atoms with van der Waals surface area (Å²) in [5, 5.41) is 5.89. The third kappa shape index (κ3) is 6.50. The summed E-state index contributed by atoms with van der Waals surface area (Å²) in [4.78, 5) is 42.8. The first-order valence-corrected chi connectivity index (χ1v) is 15.7.